The van der Waals surface area contributed by atoms with E-state index in [1.165, 1.54) is 11.4 Å². The fourth-order valence-corrected chi connectivity index (χ4v) is 5.91. The van der Waals surface area contributed by atoms with Crippen molar-refractivity contribution in [2.45, 2.75) is 4.90 Å². The first-order chi connectivity index (χ1) is 17.1. The minimum Gasteiger partial charge on any atom is -0.495 e. The molecule has 0 unspecified atom stereocenters. The van der Waals surface area contributed by atoms with Crippen LogP contribution in [0.2, 0.25) is 0 Å². The van der Waals surface area contributed by atoms with E-state index in [0.717, 1.165) is 37.8 Å². The SMILES string of the molecule is COc1ccc(-c2ccc(N3CCN(c4ccccn4)CC3)nn2)cc1S(=O)(=O)N1CCOCC1. The monoisotopic (exact) mass is 496 g/mol. The van der Waals surface area contributed by atoms with E-state index in [9.17, 15) is 8.42 Å². The second kappa shape index (κ2) is 10.1. The average molecular weight is 497 g/mol. The molecule has 35 heavy (non-hydrogen) atoms. The zero-order valence-corrected chi connectivity index (χ0v) is 20.4. The Kier molecular flexibility index (Phi) is 6.80. The van der Waals surface area contributed by atoms with Crippen molar-refractivity contribution in [3.63, 3.8) is 0 Å². The maximum atomic E-state index is 13.3. The van der Waals surface area contributed by atoms with Crippen molar-refractivity contribution in [3.8, 4) is 17.0 Å². The van der Waals surface area contributed by atoms with E-state index in [1.54, 1.807) is 18.2 Å². The molecule has 2 aliphatic rings. The molecule has 4 heterocycles. The fraction of sp³-hybridized carbons (Fsp3) is 0.375. The summed E-state index contributed by atoms with van der Waals surface area (Å²) in [6.07, 6.45) is 1.81. The van der Waals surface area contributed by atoms with Crippen molar-refractivity contribution in [3.05, 3.63) is 54.7 Å². The molecule has 5 rings (SSSR count). The van der Waals surface area contributed by atoms with Crippen molar-refractivity contribution in [1.82, 2.24) is 19.5 Å². The van der Waals surface area contributed by atoms with Gasteiger partial charge in [0.05, 0.1) is 26.0 Å². The Morgan fingerprint density at radius 1 is 0.857 bits per heavy atom. The number of hydrogen-bond donors (Lipinski definition) is 0. The number of piperazine rings is 1. The molecule has 0 atom stereocenters. The molecule has 184 valence electrons. The molecule has 2 aliphatic heterocycles. The minimum atomic E-state index is -3.73. The largest absolute Gasteiger partial charge is 0.495 e. The van der Waals surface area contributed by atoms with Crippen LogP contribution >= 0.6 is 0 Å². The Balaban J connectivity index is 1.33. The zero-order chi connectivity index (χ0) is 24.3. The summed E-state index contributed by atoms with van der Waals surface area (Å²) in [6.45, 7) is 4.72. The second-order valence-electron chi connectivity index (χ2n) is 8.32. The van der Waals surface area contributed by atoms with Crippen LogP contribution in [-0.2, 0) is 14.8 Å². The third kappa shape index (κ3) is 4.93. The van der Waals surface area contributed by atoms with Crippen molar-refractivity contribution >= 4 is 21.7 Å². The van der Waals surface area contributed by atoms with Gasteiger partial charge in [-0.25, -0.2) is 13.4 Å². The molecule has 11 heteroatoms. The summed E-state index contributed by atoms with van der Waals surface area (Å²) in [6, 6.07) is 14.8. The highest BCUT2D eigenvalue weighted by atomic mass is 32.2. The summed E-state index contributed by atoms with van der Waals surface area (Å²) in [7, 11) is -2.26. The summed E-state index contributed by atoms with van der Waals surface area (Å²) in [4.78, 5) is 9.00. The van der Waals surface area contributed by atoms with Crippen molar-refractivity contribution in [2.24, 2.45) is 0 Å². The van der Waals surface area contributed by atoms with Gasteiger partial charge in [0.15, 0.2) is 5.82 Å². The summed E-state index contributed by atoms with van der Waals surface area (Å²) >= 11 is 0. The third-order valence-electron chi connectivity index (χ3n) is 6.27. The average Bonchev–Trinajstić information content (AvgIpc) is 2.94. The molecule has 2 fully saturated rings. The zero-order valence-electron chi connectivity index (χ0n) is 19.6. The number of pyridine rings is 1. The van der Waals surface area contributed by atoms with Gasteiger partial charge in [0.25, 0.3) is 0 Å². The van der Waals surface area contributed by atoms with Gasteiger partial charge in [0, 0.05) is 51.0 Å². The molecule has 1 aromatic carbocycles. The minimum absolute atomic E-state index is 0.121. The number of methoxy groups -OCH3 is 1. The second-order valence-corrected chi connectivity index (χ2v) is 10.2. The smallest absolute Gasteiger partial charge is 0.246 e. The number of nitrogens with zero attached hydrogens (tertiary/aromatic N) is 6. The number of aromatic nitrogens is 3. The molecule has 3 aromatic rings. The van der Waals surface area contributed by atoms with Gasteiger partial charge in [0.1, 0.15) is 16.5 Å². The lowest BCUT2D eigenvalue weighted by Crippen LogP contribution is -2.47. The number of benzene rings is 1. The summed E-state index contributed by atoms with van der Waals surface area (Å²) in [5.41, 5.74) is 1.26. The van der Waals surface area contributed by atoms with Crippen molar-refractivity contribution in [1.29, 1.82) is 0 Å². The van der Waals surface area contributed by atoms with Crippen LogP contribution in [0.1, 0.15) is 0 Å². The van der Waals surface area contributed by atoms with E-state index in [2.05, 4.69) is 25.0 Å². The highest BCUT2D eigenvalue weighted by Crippen LogP contribution is 2.32. The standard InChI is InChI=1S/C24H28N6O4S/c1-33-21-7-5-19(18-22(21)35(31,32)30-14-16-34-17-15-30)20-6-8-24(27-26-20)29-12-10-28(11-13-29)23-4-2-3-9-25-23/h2-9,18H,10-17H2,1H3. The van der Waals surface area contributed by atoms with E-state index < -0.39 is 10.0 Å². The van der Waals surface area contributed by atoms with E-state index >= 15 is 0 Å². The van der Waals surface area contributed by atoms with Crippen molar-refractivity contribution < 1.29 is 17.9 Å². The Hall–Kier alpha value is -3.28. The molecule has 0 aliphatic carbocycles. The first-order valence-corrected chi connectivity index (χ1v) is 13.0. The van der Waals surface area contributed by atoms with Crippen LogP contribution in [0.3, 0.4) is 0 Å². The lowest BCUT2D eigenvalue weighted by atomic mass is 10.1. The van der Waals surface area contributed by atoms with Gasteiger partial charge in [0.2, 0.25) is 10.0 Å². The van der Waals surface area contributed by atoms with Gasteiger partial charge in [-0.1, -0.05) is 6.07 Å². The molecule has 2 aromatic heterocycles. The summed E-state index contributed by atoms with van der Waals surface area (Å²) in [5.74, 6) is 2.08. The number of ether oxygens (including phenoxy) is 2. The fourth-order valence-electron chi connectivity index (χ4n) is 4.32. The molecule has 0 saturated carbocycles. The molecule has 0 bridgehead atoms. The normalized spacial score (nSPS) is 17.4. The molecule has 0 spiro atoms. The molecule has 0 N–H and O–H groups in total. The van der Waals surface area contributed by atoms with Gasteiger partial charge in [-0.2, -0.15) is 4.31 Å². The predicted molar refractivity (Wildman–Crippen MR) is 132 cm³/mol. The van der Waals surface area contributed by atoms with Crippen LogP contribution in [0.25, 0.3) is 11.3 Å². The van der Waals surface area contributed by atoms with Crippen LogP contribution < -0.4 is 14.5 Å². The van der Waals surface area contributed by atoms with Crippen LogP contribution in [0, 0.1) is 0 Å². The Morgan fingerprint density at radius 2 is 1.60 bits per heavy atom. The third-order valence-corrected chi connectivity index (χ3v) is 8.19. The number of anilines is 2. The number of morpholine rings is 1. The topological polar surface area (TPSA) is 101 Å². The maximum Gasteiger partial charge on any atom is 0.246 e. The molecular weight excluding hydrogens is 468 g/mol. The molecule has 10 nitrogen and oxygen atoms in total. The molecule has 2 saturated heterocycles. The lowest BCUT2D eigenvalue weighted by molar-refractivity contribution is 0.0729. The summed E-state index contributed by atoms with van der Waals surface area (Å²) in [5, 5.41) is 8.84. The Labute approximate surface area is 205 Å². The van der Waals surface area contributed by atoms with E-state index in [-0.39, 0.29) is 4.90 Å². The van der Waals surface area contributed by atoms with Gasteiger partial charge >= 0.3 is 0 Å². The number of sulfonamides is 1. The van der Waals surface area contributed by atoms with Crippen LogP contribution in [0.15, 0.2) is 59.6 Å². The van der Waals surface area contributed by atoms with E-state index in [4.69, 9.17) is 9.47 Å². The highest BCUT2D eigenvalue weighted by Gasteiger charge is 2.30. The first kappa shape index (κ1) is 23.5. The quantitative estimate of drug-likeness (QED) is 0.506. The van der Waals surface area contributed by atoms with E-state index in [0.29, 0.717) is 43.3 Å². The van der Waals surface area contributed by atoms with Crippen molar-refractivity contribution in [2.75, 3.05) is 69.4 Å². The number of hydrogen-bond acceptors (Lipinski definition) is 9. The van der Waals surface area contributed by atoms with Crippen LogP contribution in [-0.4, -0.2) is 87.5 Å². The molecule has 0 radical (unpaired) electrons. The highest BCUT2D eigenvalue weighted by molar-refractivity contribution is 7.89. The maximum absolute atomic E-state index is 13.3. The van der Waals surface area contributed by atoms with Gasteiger partial charge in [-0.15, -0.1) is 10.2 Å². The van der Waals surface area contributed by atoms with Gasteiger partial charge in [-0.05, 0) is 42.5 Å². The first-order valence-electron chi connectivity index (χ1n) is 11.6. The molecular formula is C24H28N6O4S. The van der Waals surface area contributed by atoms with Gasteiger partial charge < -0.3 is 19.3 Å². The Bertz CT molecular complexity index is 1240. The Morgan fingerprint density at radius 3 is 2.23 bits per heavy atom. The number of rotatable bonds is 6. The summed E-state index contributed by atoms with van der Waals surface area (Å²) < 4.78 is 38.7. The van der Waals surface area contributed by atoms with Gasteiger partial charge in [-0.3, -0.25) is 0 Å². The lowest BCUT2D eigenvalue weighted by Gasteiger charge is -2.35. The molecule has 0 amide bonds. The van der Waals surface area contributed by atoms with Crippen LogP contribution in [0.4, 0.5) is 11.6 Å². The predicted octanol–water partition coefficient (Wildman–Crippen LogP) is 1.89. The van der Waals surface area contributed by atoms with Crippen LogP contribution in [0.5, 0.6) is 5.75 Å². The van der Waals surface area contributed by atoms with E-state index in [1.807, 2.05) is 36.5 Å².